The first-order chi connectivity index (χ1) is 30.5. The van der Waals surface area contributed by atoms with Gasteiger partial charge >= 0.3 is 5.97 Å². The van der Waals surface area contributed by atoms with E-state index in [0.29, 0.717) is 45.1 Å². The Labute approximate surface area is 378 Å². The predicted octanol–water partition coefficient (Wildman–Crippen LogP) is -3.03. The lowest BCUT2D eigenvalue weighted by Gasteiger charge is -2.31. The number of carbonyl (C=O) groups is 11. The number of amides is 10. The van der Waals surface area contributed by atoms with Gasteiger partial charge in [0.15, 0.2) is 0 Å². The number of unbranched alkanes of at least 4 members (excludes halogenated alkanes) is 1. The van der Waals surface area contributed by atoms with Crippen molar-refractivity contribution in [2.75, 3.05) is 19.6 Å². The number of nitrogens with zero attached hydrogens (tertiary/aromatic N) is 3. The second kappa shape index (κ2) is 27.2. The van der Waals surface area contributed by atoms with Crippen molar-refractivity contribution in [3.8, 4) is 0 Å². The maximum Gasteiger partial charge on any atom is 0.303 e. The summed E-state index contributed by atoms with van der Waals surface area (Å²) in [5.41, 5.74) is 10.8. The van der Waals surface area contributed by atoms with Crippen molar-refractivity contribution in [2.45, 2.75) is 161 Å². The van der Waals surface area contributed by atoms with Gasteiger partial charge in [-0.2, -0.15) is 5.10 Å². The van der Waals surface area contributed by atoms with Crippen LogP contribution in [0.25, 0.3) is 0 Å². The van der Waals surface area contributed by atoms with E-state index in [0.717, 1.165) is 5.01 Å². The molecule has 65 heavy (non-hydrogen) atoms. The number of hydrazone groups is 1. The third-order valence-electron chi connectivity index (χ3n) is 10.6. The highest BCUT2D eigenvalue weighted by atomic mass is 16.4. The average Bonchev–Trinajstić information content (AvgIpc) is 3.72. The average molecular weight is 921 g/mol. The molecule has 12 N–H and O–H groups in total. The SMILES string of the molecule is CC(C)C[C@@H]1NC(=O)CCC/C=N\N(CC(=O)N[C@@H](C)C(=O)N[C@@H](CCC(=O)O)C(=O)N[C@@H](C)C(=O)N[C@@H](C)C(=O)N[C@@H](CCCCN)C(=O)N[C@@H](C)C(N)=O)C(=O)[C@@H]2CCCN2C1=O. The molecule has 2 rings (SSSR count). The summed E-state index contributed by atoms with van der Waals surface area (Å²) in [7, 11) is 0. The van der Waals surface area contributed by atoms with Gasteiger partial charge in [0, 0.05) is 25.6 Å². The molecule has 0 bridgehead atoms. The van der Waals surface area contributed by atoms with Crippen LogP contribution in [0.15, 0.2) is 5.10 Å². The molecule has 10 amide bonds. The monoisotopic (exact) mass is 921 g/mol. The van der Waals surface area contributed by atoms with Crippen LogP contribution >= 0.6 is 0 Å². The van der Waals surface area contributed by atoms with E-state index in [4.69, 9.17) is 11.5 Å². The van der Waals surface area contributed by atoms with Crippen molar-refractivity contribution in [3.05, 3.63) is 0 Å². The fourth-order valence-electron chi connectivity index (χ4n) is 6.85. The maximum absolute atomic E-state index is 13.9. The van der Waals surface area contributed by atoms with Gasteiger partial charge < -0.3 is 58.7 Å². The number of nitrogens with two attached hydrogens (primary N) is 2. The van der Waals surface area contributed by atoms with Crippen molar-refractivity contribution in [1.29, 1.82) is 0 Å². The largest absolute Gasteiger partial charge is 0.481 e. The molecule has 1 saturated heterocycles. The smallest absolute Gasteiger partial charge is 0.303 e. The molecule has 2 heterocycles. The molecule has 8 atom stereocenters. The summed E-state index contributed by atoms with van der Waals surface area (Å²) < 4.78 is 0. The molecule has 0 unspecified atom stereocenters. The summed E-state index contributed by atoms with van der Waals surface area (Å²) in [5, 5.41) is 31.8. The van der Waals surface area contributed by atoms with E-state index in [2.05, 4.69) is 42.3 Å². The van der Waals surface area contributed by atoms with E-state index in [1.54, 1.807) is 0 Å². The Morgan fingerprint density at radius 1 is 0.754 bits per heavy atom. The fourth-order valence-corrected chi connectivity index (χ4v) is 6.85. The summed E-state index contributed by atoms with van der Waals surface area (Å²) in [6.45, 7) is 9.02. The Balaban J connectivity index is 2.11. The van der Waals surface area contributed by atoms with Gasteiger partial charge in [0.05, 0.1) is 0 Å². The number of hydrogen-bond acceptors (Lipinski definition) is 13. The highest BCUT2D eigenvalue weighted by Crippen LogP contribution is 2.23. The summed E-state index contributed by atoms with van der Waals surface area (Å²) in [6, 6.07) is -9.32. The number of fused-ring (bicyclic) bond motifs is 1. The zero-order valence-corrected chi connectivity index (χ0v) is 38.1. The fraction of sp³-hybridized carbons (Fsp3) is 0.707. The molecule has 2 aliphatic rings. The van der Waals surface area contributed by atoms with Gasteiger partial charge in [-0.15, -0.1) is 0 Å². The quantitative estimate of drug-likeness (QED) is 0.0457. The van der Waals surface area contributed by atoms with E-state index in [-0.39, 0.29) is 37.6 Å². The van der Waals surface area contributed by atoms with E-state index in [1.165, 1.54) is 38.8 Å². The lowest BCUT2D eigenvalue weighted by molar-refractivity contribution is -0.147. The third kappa shape index (κ3) is 18.8. The van der Waals surface area contributed by atoms with E-state index in [1.807, 2.05) is 13.8 Å². The molecule has 364 valence electrons. The molecule has 24 nitrogen and oxygen atoms in total. The maximum atomic E-state index is 13.9. The van der Waals surface area contributed by atoms with E-state index in [9.17, 15) is 57.8 Å². The molecule has 0 aromatic heterocycles. The molecule has 0 spiro atoms. The number of carboxylic acid groups (broad SMARTS) is 1. The Hall–Kier alpha value is -6.20. The number of nitrogens with one attached hydrogen (secondary N) is 7. The number of hydrogen-bond donors (Lipinski definition) is 10. The second-order valence-corrected chi connectivity index (χ2v) is 16.7. The second-order valence-electron chi connectivity index (χ2n) is 16.7. The van der Waals surface area contributed by atoms with Gasteiger partial charge in [0.25, 0.3) is 5.91 Å². The van der Waals surface area contributed by atoms with Gasteiger partial charge in [-0.05, 0) is 97.9 Å². The van der Waals surface area contributed by atoms with Crippen molar-refractivity contribution < 1.29 is 57.8 Å². The zero-order valence-electron chi connectivity index (χ0n) is 38.1. The van der Waals surface area contributed by atoms with Crippen LogP contribution in [-0.2, 0) is 52.7 Å². The minimum atomic E-state index is -1.51. The van der Waals surface area contributed by atoms with Crippen molar-refractivity contribution in [3.63, 3.8) is 0 Å². The molecule has 1 fully saturated rings. The van der Waals surface area contributed by atoms with Crippen LogP contribution < -0.4 is 48.7 Å². The topological polar surface area (TPSA) is 363 Å². The summed E-state index contributed by atoms with van der Waals surface area (Å²) in [6.07, 6.45) is 3.45. The predicted molar refractivity (Wildman–Crippen MR) is 233 cm³/mol. The van der Waals surface area contributed by atoms with Gasteiger partial charge in [0.1, 0.15) is 54.9 Å². The first-order valence-corrected chi connectivity index (χ1v) is 22.0. The Morgan fingerprint density at radius 2 is 1.31 bits per heavy atom. The van der Waals surface area contributed by atoms with Crippen molar-refractivity contribution in [2.24, 2.45) is 22.5 Å². The van der Waals surface area contributed by atoms with Crippen LogP contribution in [-0.4, -0.2) is 154 Å². The number of carbonyl (C=O) groups excluding carboxylic acids is 10. The first-order valence-electron chi connectivity index (χ1n) is 22.0. The standard InChI is InChI=1S/C41H68N12O12/c1-22(2)20-29-40(64)52-19-11-13-30(52)41(65)53(44-18-10-8-14-31(54)49-29)21-32(55)45-24(4)36(60)51-28(15-16-33(56)57)39(63)48-25(5)35(59)47-26(6)37(61)50-27(12-7-9-17-42)38(62)46-23(3)34(43)58/h18,22-30H,7-17,19-21,42H2,1-6H3,(H2,43,58)(H,45,55)(H,46,62)(H,47,59)(H,48,63)(H,49,54)(H,50,61)(H,51,60)(H,56,57)/b44-18-/t23-,24-,25-,26-,27-,28-,29-,30-/m0/s1. The van der Waals surface area contributed by atoms with Crippen LogP contribution in [0.3, 0.4) is 0 Å². The number of rotatable bonds is 23. The van der Waals surface area contributed by atoms with Crippen molar-refractivity contribution >= 4 is 71.3 Å². The lowest BCUT2D eigenvalue weighted by Crippen LogP contribution is -2.58. The van der Waals surface area contributed by atoms with Crippen LogP contribution in [0.5, 0.6) is 0 Å². The summed E-state index contributed by atoms with van der Waals surface area (Å²) in [4.78, 5) is 143. The number of aliphatic carboxylic acids is 1. The minimum Gasteiger partial charge on any atom is -0.481 e. The zero-order chi connectivity index (χ0) is 49.0. The van der Waals surface area contributed by atoms with Crippen LogP contribution in [0, 0.1) is 5.92 Å². The van der Waals surface area contributed by atoms with E-state index < -0.39 is 127 Å². The van der Waals surface area contributed by atoms with Gasteiger partial charge in [-0.1, -0.05) is 13.8 Å². The summed E-state index contributed by atoms with van der Waals surface area (Å²) >= 11 is 0. The van der Waals surface area contributed by atoms with Crippen LogP contribution in [0.1, 0.15) is 112 Å². The number of carboxylic acids is 1. The molecule has 0 aromatic carbocycles. The molecule has 2 aliphatic heterocycles. The highest BCUT2D eigenvalue weighted by Gasteiger charge is 2.40. The van der Waals surface area contributed by atoms with Crippen LogP contribution in [0.2, 0.25) is 0 Å². The van der Waals surface area contributed by atoms with Gasteiger partial charge in [-0.3, -0.25) is 52.7 Å². The third-order valence-corrected chi connectivity index (χ3v) is 10.6. The molecular weight excluding hydrogens is 853 g/mol. The van der Waals surface area contributed by atoms with E-state index >= 15 is 0 Å². The minimum absolute atomic E-state index is 0.0646. The first kappa shape index (κ1) is 54.9. The molecule has 24 heteroatoms. The molecule has 0 saturated carbocycles. The van der Waals surface area contributed by atoms with Crippen molar-refractivity contribution in [1.82, 2.24) is 47.1 Å². The Kier molecular flexibility index (Phi) is 23.0. The Morgan fingerprint density at radius 3 is 1.88 bits per heavy atom. The number of primary amides is 1. The Bertz CT molecular complexity index is 1780. The highest BCUT2D eigenvalue weighted by molar-refractivity contribution is 5.98. The molecular formula is C41H68N12O12. The van der Waals surface area contributed by atoms with Crippen LogP contribution in [0.4, 0.5) is 0 Å². The summed E-state index contributed by atoms with van der Waals surface area (Å²) in [5.74, 6) is -8.37. The lowest BCUT2D eigenvalue weighted by atomic mass is 10.0. The molecule has 0 aliphatic carbocycles. The molecule has 0 radical (unpaired) electrons. The van der Waals surface area contributed by atoms with Gasteiger partial charge in [-0.25, -0.2) is 5.01 Å². The van der Waals surface area contributed by atoms with Gasteiger partial charge in [0.2, 0.25) is 53.2 Å². The normalized spacial score (nSPS) is 20.1. The molecule has 0 aromatic rings.